The van der Waals surface area contributed by atoms with Gasteiger partial charge in [0.2, 0.25) is 0 Å². The Morgan fingerprint density at radius 1 is 1.21 bits per heavy atom. The second-order valence-corrected chi connectivity index (χ2v) is 4.49. The molecule has 0 radical (unpaired) electrons. The molecule has 1 atom stereocenters. The third-order valence-corrected chi connectivity index (χ3v) is 2.19. The number of aliphatic hydroxyl groups excluding tert-OH is 1. The van der Waals surface area contributed by atoms with Gasteiger partial charge in [-0.05, 0) is 26.8 Å². The Labute approximate surface area is 88.1 Å². The SMILES string of the molecule is CC(C)OCCN(C)CC(O)C(C)C. The Kier molecular flexibility index (Phi) is 7.15. The second kappa shape index (κ2) is 7.21. The molecule has 14 heavy (non-hydrogen) atoms. The Bertz CT molecular complexity index is 137. The number of likely N-dealkylation sites (N-methyl/N-ethyl adjacent to an activating group) is 1. The lowest BCUT2D eigenvalue weighted by atomic mass is 10.1. The van der Waals surface area contributed by atoms with Crippen LogP contribution < -0.4 is 0 Å². The summed E-state index contributed by atoms with van der Waals surface area (Å²) >= 11 is 0. The molecule has 0 heterocycles. The molecule has 3 nitrogen and oxygen atoms in total. The van der Waals surface area contributed by atoms with Crippen molar-refractivity contribution in [2.24, 2.45) is 5.92 Å². The van der Waals surface area contributed by atoms with Crippen LogP contribution >= 0.6 is 0 Å². The van der Waals surface area contributed by atoms with Crippen LogP contribution in [0.1, 0.15) is 27.7 Å². The van der Waals surface area contributed by atoms with E-state index in [-0.39, 0.29) is 6.10 Å². The van der Waals surface area contributed by atoms with Gasteiger partial charge >= 0.3 is 0 Å². The standard InChI is InChI=1S/C11H25NO2/c1-9(2)11(13)8-12(5)6-7-14-10(3)4/h9-11,13H,6-8H2,1-5H3. The van der Waals surface area contributed by atoms with Crippen molar-refractivity contribution in [1.82, 2.24) is 4.90 Å². The molecule has 0 saturated carbocycles. The molecule has 0 spiro atoms. The number of hydrogen-bond donors (Lipinski definition) is 1. The number of rotatable bonds is 7. The molecule has 0 amide bonds. The van der Waals surface area contributed by atoms with Crippen molar-refractivity contribution in [2.45, 2.75) is 39.9 Å². The Hall–Kier alpha value is -0.120. The molecule has 0 aromatic rings. The molecule has 0 aliphatic rings. The van der Waals surface area contributed by atoms with Crippen molar-refractivity contribution in [2.75, 3.05) is 26.7 Å². The van der Waals surface area contributed by atoms with Crippen LogP contribution in [-0.4, -0.2) is 49.0 Å². The number of hydrogen-bond acceptors (Lipinski definition) is 3. The lowest BCUT2D eigenvalue weighted by molar-refractivity contribution is 0.0431. The molecular weight excluding hydrogens is 178 g/mol. The number of nitrogens with zero attached hydrogens (tertiary/aromatic N) is 1. The summed E-state index contributed by atoms with van der Waals surface area (Å²) in [4.78, 5) is 2.10. The Morgan fingerprint density at radius 2 is 1.79 bits per heavy atom. The van der Waals surface area contributed by atoms with E-state index in [0.29, 0.717) is 12.0 Å². The second-order valence-electron chi connectivity index (χ2n) is 4.49. The molecule has 0 rings (SSSR count). The van der Waals surface area contributed by atoms with E-state index in [1.807, 2.05) is 34.7 Å². The smallest absolute Gasteiger partial charge is 0.0689 e. The molecule has 0 bridgehead atoms. The first-order valence-electron chi connectivity index (χ1n) is 5.41. The summed E-state index contributed by atoms with van der Waals surface area (Å²) < 4.78 is 5.43. The lowest BCUT2D eigenvalue weighted by Crippen LogP contribution is -2.34. The van der Waals surface area contributed by atoms with Gasteiger partial charge in [0.25, 0.3) is 0 Å². The lowest BCUT2D eigenvalue weighted by Gasteiger charge is -2.23. The van der Waals surface area contributed by atoms with Crippen LogP contribution in [0, 0.1) is 5.92 Å². The van der Waals surface area contributed by atoms with Gasteiger partial charge in [-0.2, -0.15) is 0 Å². The van der Waals surface area contributed by atoms with Crippen LogP contribution in [0.25, 0.3) is 0 Å². The summed E-state index contributed by atoms with van der Waals surface area (Å²) in [5, 5.41) is 9.62. The molecule has 1 unspecified atom stereocenters. The number of ether oxygens (including phenoxy) is 1. The van der Waals surface area contributed by atoms with Gasteiger partial charge < -0.3 is 14.7 Å². The maximum Gasteiger partial charge on any atom is 0.0689 e. The summed E-state index contributed by atoms with van der Waals surface area (Å²) in [6.45, 7) is 10.5. The topological polar surface area (TPSA) is 32.7 Å². The van der Waals surface area contributed by atoms with E-state index in [1.54, 1.807) is 0 Å². The molecule has 0 aromatic carbocycles. The van der Waals surface area contributed by atoms with Gasteiger partial charge in [-0.1, -0.05) is 13.8 Å². The van der Waals surface area contributed by atoms with Crippen molar-refractivity contribution in [3.8, 4) is 0 Å². The van der Waals surface area contributed by atoms with Crippen LogP contribution in [0.3, 0.4) is 0 Å². The fraction of sp³-hybridized carbons (Fsp3) is 1.00. The van der Waals surface area contributed by atoms with Crippen molar-refractivity contribution in [1.29, 1.82) is 0 Å². The minimum atomic E-state index is -0.237. The normalized spacial score (nSPS) is 14.4. The van der Waals surface area contributed by atoms with Crippen molar-refractivity contribution < 1.29 is 9.84 Å². The van der Waals surface area contributed by atoms with E-state index in [1.165, 1.54) is 0 Å². The van der Waals surface area contributed by atoms with Crippen molar-refractivity contribution in [3.05, 3.63) is 0 Å². The predicted molar refractivity (Wildman–Crippen MR) is 59.4 cm³/mol. The van der Waals surface area contributed by atoms with Crippen LogP contribution in [0.2, 0.25) is 0 Å². The van der Waals surface area contributed by atoms with Crippen LogP contribution in [0.4, 0.5) is 0 Å². The maximum atomic E-state index is 9.62. The molecule has 0 aliphatic heterocycles. The van der Waals surface area contributed by atoms with E-state index < -0.39 is 0 Å². The Morgan fingerprint density at radius 3 is 2.21 bits per heavy atom. The van der Waals surface area contributed by atoms with Crippen molar-refractivity contribution in [3.63, 3.8) is 0 Å². The Balaban J connectivity index is 3.50. The quantitative estimate of drug-likeness (QED) is 0.678. The highest BCUT2D eigenvalue weighted by Crippen LogP contribution is 2.02. The van der Waals surface area contributed by atoms with E-state index in [0.717, 1.165) is 19.7 Å². The summed E-state index contributed by atoms with van der Waals surface area (Å²) in [5.74, 6) is 0.323. The van der Waals surface area contributed by atoms with Gasteiger partial charge in [0, 0.05) is 13.1 Å². The van der Waals surface area contributed by atoms with Gasteiger partial charge in [-0.3, -0.25) is 0 Å². The van der Waals surface area contributed by atoms with E-state index in [4.69, 9.17) is 4.74 Å². The summed E-state index contributed by atoms with van der Waals surface area (Å²) in [6.07, 6.45) is 0.0532. The van der Waals surface area contributed by atoms with Crippen LogP contribution in [0.5, 0.6) is 0 Å². The molecule has 0 aromatic heterocycles. The maximum absolute atomic E-state index is 9.62. The predicted octanol–water partition coefficient (Wildman–Crippen LogP) is 1.36. The molecule has 0 fully saturated rings. The minimum absolute atomic E-state index is 0.237. The third-order valence-electron chi connectivity index (χ3n) is 2.19. The highest BCUT2D eigenvalue weighted by Gasteiger charge is 2.11. The molecule has 0 aliphatic carbocycles. The zero-order valence-corrected chi connectivity index (χ0v) is 10.2. The monoisotopic (exact) mass is 203 g/mol. The van der Waals surface area contributed by atoms with Gasteiger partial charge in [0.05, 0.1) is 18.8 Å². The van der Waals surface area contributed by atoms with E-state index in [2.05, 4.69) is 4.90 Å². The van der Waals surface area contributed by atoms with E-state index in [9.17, 15) is 5.11 Å². The van der Waals surface area contributed by atoms with Gasteiger partial charge in [0.15, 0.2) is 0 Å². The molecule has 3 heteroatoms. The fourth-order valence-electron chi connectivity index (χ4n) is 1.07. The average Bonchev–Trinajstić information content (AvgIpc) is 2.02. The zero-order valence-electron chi connectivity index (χ0n) is 10.2. The molecule has 0 saturated heterocycles. The number of aliphatic hydroxyl groups is 1. The largest absolute Gasteiger partial charge is 0.392 e. The first-order chi connectivity index (χ1) is 6.43. The zero-order chi connectivity index (χ0) is 11.1. The van der Waals surface area contributed by atoms with Gasteiger partial charge in [0.1, 0.15) is 0 Å². The van der Waals surface area contributed by atoms with Gasteiger partial charge in [-0.25, -0.2) is 0 Å². The molecule has 86 valence electrons. The highest BCUT2D eigenvalue weighted by molar-refractivity contribution is 4.64. The summed E-state index contributed by atoms with van der Waals surface area (Å²) in [6, 6.07) is 0. The highest BCUT2D eigenvalue weighted by atomic mass is 16.5. The molecule has 1 N–H and O–H groups in total. The van der Waals surface area contributed by atoms with Crippen LogP contribution in [0.15, 0.2) is 0 Å². The summed E-state index contributed by atoms with van der Waals surface area (Å²) in [7, 11) is 2.01. The fourth-order valence-corrected chi connectivity index (χ4v) is 1.07. The average molecular weight is 203 g/mol. The van der Waals surface area contributed by atoms with Crippen LogP contribution in [-0.2, 0) is 4.74 Å². The minimum Gasteiger partial charge on any atom is -0.392 e. The summed E-state index contributed by atoms with van der Waals surface area (Å²) in [5.41, 5.74) is 0. The first kappa shape index (κ1) is 13.9. The van der Waals surface area contributed by atoms with E-state index >= 15 is 0 Å². The van der Waals surface area contributed by atoms with Crippen molar-refractivity contribution >= 4 is 0 Å². The van der Waals surface area contributed by atoms with Gasteiger partial charge in [-0.15, -0.1) is 0 Å². The third kappa shape index (κ3) is 7.30. The molecular formula is C11H25NO2. The first-order valence-corrected chi connectivity index (χ1v) is 5.41.